The summed E-state index contributed by atoms with van der Waals surface area (Å²) in [5, 5.41) is 4.27. The molecule has 0 amide bonds. The van der Waals surface area contributed by atoms with E-state index in [0.29, 0.717) is 17.9 Å². The van der Waals surface area contributed by atoms with Crippen LogP contribution in [-0.4, -0.2) is 23.9 Å². The number of nitrogens with zero attached hydrogens (tertiary/aromatic N) is 1. The summed E-state index contributed by atoms with van der Waals surface area (Å²) in [7, 11) is 0. The van der Waals surface area contributed by atoms with Crippen LogP contribution in [0, 0.1) is 5.92 Å². The molecule has 0 aliphatic carbocycles. The number of hydrogen-bond donors (Lipinski definition) is 1. The van der Waals surface area contributed by atoms with Crippen LogP contribution in [0.4, 0.5) is 0 Å². The molecule has 0 saturated heterocycles. The first-order chi connectivity index (χ1) is 12.5. The molecule has 1 aliphatic heterocycles. The molecule has 26 heavy (non-hydrogen) atoms. The molecule has 138 valence electrons. The van der Waals surface area contributed by atoms with E-state index in [1.165, 1.54) is 16.0 Å². The number of halogens is 1. The van der Waals surface area contributed by atoms with Crippen LogP contribution in [0.2, 0.25) is 5.02 Å². The van der Waals surface area contributed by atoms with Crippen molar-refractivity contribution in [3.05, 3.63) is 57.9 Å². The number of carbonyl (C=O) groups excluding carboxylic acids is 1. The van der Waals surface area contributed by atoms with E-state index < -0.39 is 0 Å². The second-order valence-corrected chi connectivity index (χ2v) is 8.51. The highest BCUT2D eigenvalue weighted by atomic mass is 35.5. The second-order valence-electron chi connectivity index (χ2n) is 7.11. The fraction of sp³-hybridized carbons (Fsp3) is 0.429. The Kier molecular flexibility index (Phi) is 6.74. The molecule has 0 fully saturated rings. The van der Waals surface area contributed by atoms with Gasteiger partial charge in [0.05, 0.1) is 10.7 Å². The predicted octanol–water partition coefficient (Wildman–Crippen LogP) is 4.94. The maximum absolute atomic E-state index is 12.1. The van der Waals surface area contributed by atoms with Crippen LogP contribution in [0.1, 0.15) is 47.4 Å². The molecule has 2 aromatic rings. The smallest absolute Gasteiger partial charge is 0.164 e. The summed E-state index contributed by atoms with van der Waals surface area (Å²) in [4.78, 5) is 17.8. The Morgan fingerprint density at radius 3 is 2.77 bits per heavy atom. The van der Waals surface area contributed by atoms with Gasteiger partial charge in [-0.25, -0.2) is 0 Å². The molecule has 1 aromatic carbocycles. The minimum Gasteiger partial charge on any atom is -0.316 e. The number of fused-ring (bicyclic) bond motifs is 1. The Morgan fingerprint density at radius 1 is 1.23 bits per heavy atom. The van der Waals surface area contributed by atoms with Crippen LogP contribution in [0.3, 0.4) is 0 Å². The van der Waals surface area contributed by atoms with Crippen molar-refractivity contribution in [1.29, 1.82) is 0 Å². The maximum atomic E-state index is 12.1. The van der Waals surface area contributed by atoms with Gasteiger partial charge in [0.25, 0.3) is 0 Å². The first-order valence-corrected chi connectivity index (χ1v) is 10.5. The monoisotopic (exact) mass is 388 g/mol. The average Bonchev–Trinajstić information content (AvgIpc) is 2.86. The number of rotatable bonds is 6. The molecule has 5 heteroatoms. The van der Waals surface area contributed by atoms with E-state index in [1.54, 1.807) is 18.0 Å². The van der Waals surface area contributed by atoms with E-state index in [1.807, 2.05) is 18.2 Å². The van der Waals surface area contributed by atoms with Gasteiger partial charge in [-0.05, 0) is 61.2 Å². The Hall–Kier alpha value is -1.36. The van der Waals surface area contributed by atoms with Gasteiger partial charge in [0.1, 0.15) is 0 Å². The number of pyridine rings is 1. The van der Waals surface area contributed by atoms with Crippen molar-refractivity contribution in [2.75, 3.05) is 13.1 Å². The third-order valence-electron chi connectivity index (χ3n) is 4.54. The minimum absolute atomic E-state index is 0.163. The predicted molar refractivity (Wildman–Crippen MR) is 109 cm³/mol. The van der Waals surface area contributed by atoms with E-state index in [-0.39, 0.29) is 5.78 Å². The first-order valence-electron chi connectivity index (χ1n) is 9.16. The van der Waals surface area contributed by atoms with Crippen LogP contribution in [0.15, 0.2) is 35.4 Å². The SMILES string of the molecule is CC(C)CC(=O)c1ccc(CSc2c(Cl)ccc3c2CCNCC3)nc1. The van der Waals surface area contributed by atoms with Crippen molar-refractivity contribution >= 4 is 29.1 Å². The number of carbonyl (C=O) groups is 1. The lowest BCUT2D eigenvalue weighted by Crippen LogP contribution is -2.16. The van der Waals surface area contributed by atoms with Crippen LogP contribution in [0.25, 0.3) is 0 Å². The Balaban J connectivity index is 1.70. The highest BCUT2D eigenvalue weighted by Crippen LogP contribution is 2.35. The van der Waals surface area contributed by atoms with Crippen molar-refractivity contribution in [2.24, 2.45) is 5.92 Å². The van der Waals surface area contributed by atoms with Gasteiger partial charge in [0, 0.05) is 28.8 Å². The summed E-state index contributed by atoms with van der Waals surface area (Å²) in [6.45, 7) is 6.12. The zero-order valence-electron chi connectivity index (χ0n) is 15.3. The molecule has 0 bridgehead atoms. The lowest BCUT2D eigenvalue weighted by molar-refractivity contribution is 0.0967. The largest absolute Gasteiger partial charge is 0.316 e. The van der Waals surface area contributed by atoms with Crippen LogP contribution in [0.5, 0.6) is 0 Å². The van der Waals surface area contributed by atoms with Crippen molar-refractivity contribution in [2.45, 2.75) is 43.8 Å². The van der Waals surface area contributed by atoms with E-state index in [0.717, 1.165) is 42.4 Å². The molecule has 0 spiro atoms. The zero-order valence-corrected chi connectivity index (χ0v) is 16.9. The lowest BCUT2D eigenvalue weighted by atomic mass is 10.0. The molecule has 1 N–H and O–H groups in total. The van der Waals surface area contributed by atoms with Crippen LogP contribution < -0.4 is 5.32 Å². The highest BCUT2D eigenvalue weighted by molar-refractivity contribution is 7.98. The maximum Gasteiger partial charge on any atom is 0.164 e. The van der Waals surface area contributed by atoms with E-state index in [4.69, 9.17) is 11.6 Å². The van der Waals surface area contributed by atoms with Crippen molar-refractivity contribution in [3.63, 3.8) is 0 Å². The minimum atomic E-state index is 0.163. The molecule has 0 saturated carbocycles. The number of benzene rings is 1. The second kappa shape index (κ2) is 9.03. The van der Waals surface area contributed by atoms with Gasteiger partial charge in [0.15, 0.2) is 5.78 Å². The topological polar surface area (TPSA) is 42.0 Å². The lowest BCUT2D eigenvalue weighted by Gasteiger charge is -2.13. The van der Waals surface area contributed by atoms with Crippen molar-refractivity contribution < 1.29 is 4.79 Å². The standard InChI is InChI=1S/C21H25ClN2OS/c1-14(2)11-20(25)16-3-5-17(24-12-16)13-26-21-18-8-10-23-9-7-15(18)4-6-19(21)22/h3-6,12,14,23H,7-11,13H2,1-2H3. The van der Waals surface area contributed by atoms with E-state index in [2.05, 4.69) is 30.2 Å². The number of hydrogen-bond acceptors (Lipinski definition) is 4. The van der Waals surface area contributed by atoms with Crippen LogP contribution >= 0.6 is 23.4 Å². The molecule has 1 aliphatic rings. The quantitative estimate of drug-likeness (QED) is 0.561. The Morgan fingerprint density at radius 2 is 2.04 bits per heavy atom. The van der Waals surface area contributed by atoms with Gasteiger partial charge in [-0.3, -0.25) is 9.78 Å². The molecule has 3 nitrogen and oxygen atoms in total. The zero-order chi connectivity index (χ0) is 18.5. The summed E-state index contributed by atoms with van der Waals surface area (Å²) >= 11 is 8.23. The molecule has 1 aromatic heterocycles. The van der Waals surface area contributed by atoms with E-state index >= 15 is 0 Å². The third kappa shape index (κ3) is 4.87. The Bertz CT molecular complexity index is 774. The van der Waals surface area contributed by atoms with Gasteiger partial charge in [-0.15, -0.1) is 11.8 Å². The fourth-order valence-corrected chi connectivity index (χ4v) is 4.59. The van der Waals surface area contributed by atoms with Crippen molar-refractivity contribution in [1.82, 2.24) is 10.3 Å². The van der Waals surface area contributed by atoms with Crippen molar-refractivity contribution in [3.8, 4) is 0 Å². The molecular weight excluding hydrogens is 364 g/mol. The van der Waals surface area contributed by atoms with E-state index in [9.17, 15) is 4.79 Å². The fourth-order valence-electron chi connectivity index (χ4n) is 3.18. The van der Waals surface area contributed by atoms with Gasteiger partial charge in [-0.1, -0.05) is 31.5 Å². The summed E-state index contributed by atoms with van der Waals surface area (Å²) in [6.07, 6.45) is 4.33. The molecule has 3 rings (SSSR count). The summed E-state index contributed by atoms with van der Waals surface area (Å²) in [6, 6.07) is 8.01. The molecule has 0 radical (unpaired) electrons. The summed E-state index contributed by atoms with van der Waals surface area (Å²) < 4.78 is 0. The molecule has 0 atom stereocenters. The molecule has 2 heterocycles. The van der Waals surface area contributed by atoms with Gasteiger partial charge >= 0.3 is 0 Å². The first kappa shape index (κ1) is 19.4. The normalized spacial score (nSPS) is 14.2. The molecular formula is C21H25ClN2OS. The van der Waals surface area contributed by atoms with Gasteiger partial charge in [-0.2, -0.15) is 0 Å². The number of ketones is 1. The summed E-state index contributed by atoms with van der Waals surface area (Å²) in [5.74, 6) is 1.28. The average molecular weight is 389 g/mol. The highest BCUT2D eigenvalue weighted by Gasteiger charge is 2.16. The van der Waals surface area contributed by atoms with Gasteiger partial charge in [0.2, 0.25) is 0 Å². The summed E-state index contributed by atoms with van der Waals surface area (Å²) in [5.41, 5.74) is 4.43. The Labute approximate surface area is 164 Å². The third-order valence-corrected chi connectivity index (χ3v) is 6.16. The number of aromatic nitrogens is 1. The number of nitrogens with one attached hydrogen (secondary N) is 1. The number of thioether (sulfide) groups is 1. The van der Waals surface area contributed by atoms with Crippen LogP contribution in [-0.2, 0) is 18.6 Å². The number of Topliss-reactive ketones (excluding diaryl/α,β-unsaturated/α-hetero) is 1. The molecule has 0 unspecified atom stereocenters. The van der Waals surface area contributed by atoms with Gasteiger partial charge < -0.3 is 5.32 Å².